The molecule has 2 aromatic carbocycles. The molecule has 0 radical (unpaired) electrons. The van der Waals surface area contributed by atoms with Crippen LogP contribution in [0.5, 0.6) is 0 Å². The molecule has 2 N–H and O–H groups in total. The topological polar surface area (TPSA) is 40.5 Å². The van der Waals surface area contributed by atoms with Crippen LogP contribution in [0.1, 0.15) is 18.6 Å². The van der Waals surface area contributed by atoms with Crippen molar-refractivity contribution >= 4 is 10.8 Å². The Morgan fingerprint density at radius 3 is 2.33 bits per heavy atom. The molecular weight excluding hydrogens is 188 g/mol. The van der Waals surface area contributed by atoms with Crippen molar-refractivity contribution in [1.82, 2.24) is 0 Å². The minimum absolute atomic E-state index is 0.754. The van der Waals surface area contributed by atoms with Gasteiger partial charge in [-0.15, -0.1) is 0 Å². The molecule has 2 aromatic rings. The van der Waals surface area contributed by atoms with Gasteiger partial charge in [-0.3, -0.25) is 0 Å². The minimum atomic E-state index is -0.823. The maximum Gasteiger partial charge on any atom is 0.105 e. The van der Waals surface area contributed by atoms with E-state index in [1.54, 1.807) is 6.92 Å². The molecule has 15 heavy (non-hydrogen) atoms. The maximum absolute atomic E-state index is 9.85. The molecule has 0 bridgehead atoms. The monoisotopic (exact) mass is 202 g/mol. The zero-order valence-corrected chi connectivity index (χ0v) is 8.59. The quantitative estimate of drug-likeness (QED) is 0.784. The Labute approximate surface area is 88.8 Å². The summed E-state index contributed by atoms with van der Waals surface area (Å²) in [5.41, 5.74) is 0.781. The molecule has 2 atom stereocenters. The van der Waals surface area contributed by atoms with Gasteiger partial charge in [-0.05, 0) is 23.3 Å². The third-order valence-electron chi connectivity index (χ3n) is 2.60. The lowest BCUT2D eigenvalue weighted by Crippen LogP contribution is -2.13. The number of fused-ring (bicyclic) bond motifs is 1. The Morgan fingerprint density at radius 1 is 0.933 bits per heavy atom. The summed E-state index contributed by atoms with van der Waals surface area (Å²) in [5, 5.41) is 21.3. The number of aliphatic hydroxyl groups is 2. The standard InChI is InChI=1S/C13H14O2/c1-9(14)13(15)12-8-4-6-10-5-2-3-7-11(10)12/h2-9,13-15H,1H3. The molecule has 0 aliphatic heterocycles. The van der Waals surface area contributed by atoms with Crippen LogP contribution in [0.4, 0.5) is 0 Å². The van der Waals surface area contributed by atoms with Crippen LogP contribution >= 0.6 is 0 Å². The molecule has 0 saturated carbocycles. The molecule has 2 heteroatoms. The maximum atomic E-state index is 9.85. The predicted octanol–water partition coefficient (Wildman–Crippen LogP) is 2.25. The Morgan fingerprint density at radius 2 is 1.60 bits per heavy atom. The van der Waals surface area contributed by atoms with Crippen LogP contribution in [0, 0.1) is 0 Å². The lowest BCUT2D eigenvalue weighted by Gasteiger charge is -2.16. The summed E-state index contributed by atoms with van der Waals surface area (Å²) in [6.45, 7) is 1.59. The largest absolute Gasteiger partial charge is 0.390 e. The van der Waals surface area contributed by atoms with E-state index in [0.29, 0.717) is 0 Å². The van der Waals surface area contributed by atoms with Gasteiger partial charge in [0.2, 0.25) is 0 Å². The first-order valence-electron chi connectivity index (χ1n) is 5.04. The van der Waals surface area contributed by atoms with E-state index in [-0.39, 0.29) is 0 Å². The molecule has 0 spiro atoms. The molecule has 0 aromatic heterocycles. The van der Waals surface area contributed by atoms with Crippen molar-refractivity contribution < 1.29 is 10.2 Å². The van der Waals surface area contributed by atoms with Crippen LogP contribution in [0.2, 0.25) is 0 Å². The zero-order chi connectivity index (χ0) is 10.8. The van der Waals surface area contributed by atoms with Crippen LogP contribution < -0.4 is 0 Å². The van der Waals surface area contributed by atoms with Gasteiger partial charge in [0, 0.05) is 0 Å². The van der Waals surface area contributed by atoms with Gasteiger partial charge in [0.1, 0.15) is 6.10 Å². The third kappa shape index (κ3) is 1.87. The second kappa shape index (κ2) is 4.01. The molecule has 2 rings (SSSR count). The van der Waals surface area contributed by atoms with E-state index in [0.717, 1.165) is 16.3 Å². The lowest BCUT2D eigenvalue weighted by molar-refractivity contribution is 0.0314. The van der Waals surface area contributed by atoms with Gasteiger partial charge >= 0.3 is 0 Å². The van der Waals surface area contributed by atoms with Gasteiger partial charge < -0.3 is 10.2 Å². The van der Waals surface area contributed by atoms with Crippen molar-refractivity contribution in [2.45, 2.75) is 19.1 Å². The van der Waals surface area contributed by atoms with Crippen LogP contribution in [-0.2, 0) is 0 Å². The van der Waals surface area contributed by atoms with Crippen molar-refractivity contribution in [3.8, 4) is 0 Å². The van der Waals surface area contributed by atoms with Crippen LogP contribution in [0.25, 0.3) is 10.8 Å². The van der Waals surface area contributed by atoms with E-state index in [1.165, 1.54) is 0 Å². The van der Waals surface area contributed by atoms with Crippen molar-refractivity contribution in [3.63, 3.8) is 0 Å². The first-order valence-corrected chi connectivity index (χ1v) is 5.04. The lowest BCUT2D eigenvalue weighted by atomic mass is 9.98. The van der Waals surface area contributed by atoms with Crippen molar-refractivity contribution in [3.05, 3.63) is 48.0 Å². The number of aliphatic hydroxyl groups excluding tert-OH is 2. The molecule has 78 valence electrons. The van der Waals surface area contributed by atoms with E-state index in [9.17, 15) is 10.2 Å². The Kier molecular flexibility index (Phi) is 2.71. The van der Waals surface area contributed by atoms with Gasteiger partial charge in [-0.25, -0.2) is 0 Å². The first-order chi connectivity index (χ1) is 7.20. The Bertz CT molecular complexity index is 458. The highest BCUT2D eigenvalue weighted by molar-refractivity contribution is 5.86. The van der Waals surface area contributed by atoms with Gasteiger partial charge in [-0.1, -0.05) is 42.5 Å². The molecule has 2 nitrogen and oxygen atoms in total. The Balaban J connectivity index is 2.60. The fraction of sp³-hybridized carbons (Fsp3) is 0.231. The van der Waals surface area contributed by atoms with Crippen LogP contribution in [0.15, 0.2) is 42.5 Å². The van der Waals surface area contributed by atoms with Crippen molar-refractivity contribution in [2.75, 3.05) is 0 Å². The normalized spacial score (nSPS) is 15.1. The smallest absolute Gasteiger partial charge is 0.105 e. The molecule has 0 heterocycles. The molecular formula is C13H14O2. The summed E-state index contributed by atoms with van der Waals surface area (Å²) in [5.74, 6) is 0. The summed E-state index contributed by atoms with van der Waals surface area (Å²) in [7, 11) is 0. The highest BCUT2D eigenvalue weighted by Gasteiger charge is 2.15. The summed E-state index contributed by atoms with van der Waals surface area (Å²) in [4.78, 5) is 0. The van der Waals surface area contributed by atoms with Crippen LogP contribution in [-0.4, -0.2) is 16.3 Å². The second-order valence-electron chi connectivity index (χ2n) is 3.75. The Hall–Kier alpha value is -1.38. The summed E-state index contributed by atoms with van der Waals surface area (Å²) in [6, 6.07) is 13.6. The zero-order valence-electron chi connectivity index (χ0n) is 8.59. The van der Waals surface area contributed by atoms with E-state index in [2.05, 4.69) is 0 Å². The van der Waals surface area contributed by atoms with E-state index in [4.69, 9.17) is 0 Å². The minimum Gasteiger partial charge on any atom is -0.390 e. The third-order valence-corrected chi connectivity index (χ3v) is 2.60. The molecule has 0 saturated heterocycles. The fourth-order valence-corrected chi connectivity index (χ4v) is 1.77. The average Bonchev–Trinajstić information content (AvgIpc) is 2.27. The summed E-state index contributed by atoms with van der Waals surface area (Å²) < 4.78 is 0. The molecule has 0 aliphatic carbocycles. The van der Waals surface area contributed by atoms with Gasteiger partial charge in [0.25, 0.3) is 0 Å². The number of hydrogen-bond donors (Lipinski definition) is 2. The fourth-order valence-electron chi connectivity index (χ4n) is 1.77. The number of rotatable bonds is 2. The van der Waals surface area contributed by atoms with Crippen LogP contribution in [0.3, 0.4) is 0 Å². The van der Waals surface area contributed by atoms with E-state index in [1.807, 2.05) is 42.5 Å². The number of hydrogen-bond acceptors (Lipinski definition) is 2. The van der Waals surface area contributed by atoms with E-state index < -0.39 is 12.2 Å². The molecule has 0 aliphatic rings. The van der Waals surface area contributed by atoms with E-state index >= 15 is 0 Å². The average molecular weight is 202 g/mol. The molecule has 0 fully saturated rings. The first kappa shape index (κ1) is 10.1. The summed E-state index contributed by atoms with van der Waals surface area (Å²) >= 11 is 0. The van der Waals surface area contributed by atoms with Crippen molar-refractivity contribution in [1.29, 1.82) is 0 Å². The SMILES string of the molecule is CC(O)C(O)c1cccc2ccccc12. The predicted molar refractivity (Wildman–Crippen MR) is 60.6 cm³/mol. The van der Waals surface area contributed by atoms with Gasteiger partial charge in [-0.2, -0.15) is 0 Å². The molecule has 0 amide bonds. The number of benzene rings is 2. The summed E-state index contributed by atoms with van der Waals surface area (Å²) in [6.07, 6.45) is -1.58. The van der Waals surface area contributed by atoms with Gasteiger partial charge in [0.15, 0.2) is 0 Å². The second-order valence-corrected chi connectivity index (χ2v) is 3.75. The highest BCUT2D eigenvalue weighted by Crippen LogP contribution is 2.25. The van der Waals surface area contributed by atoms with Crippen molar-refractivity contribution in [2.24, 2.45) is 0 Å². The van der Waals surface area contributed by atoms with Gasteiger partial charge in [0.05, 0.1) is 6.10 Å². The molecule has 2 unspecified atom stereocenters. The highest BCUT2D eigenvalue weighted by atomic mass is 16.3.